The van der Waals surface area contributed by atoms with Crippen LogP contribution in [0.1, 0.15) is 31.8 Å². The van der Waals surface area contributed by atoms with Gasteiger partial charge in [-0.2, -0.15) is 0 Å². The van der Waals surface area contributed by atoms with Gasteiger partial charge in [-0.1, -0.05) is 47.5 Å². The summed E-state index contributed by atoms with van der Waals surface area (Å²) in [5.41, 5.74) is 1.78. The van der Waals surface area contributed by atoms with Crippen LogP contribution < -0.4 is 10.1 Å². The van der Waals surface area contributed by atoms with Crippen molar-refractivity contribution in [1.82, 2.24) is 9.88 Å². The van der Waals surface area contributed by atoms with Crippen LogP contribution in [0.25, 0.3) is 0 Å². The molecule has 2 N–H and O–H groups in total. The van der Waals surface area contributed by atoms with E-state index in [0.29, 0.717) is 70.4 Å². The van der Waals surface area contributed by atoms with Crippen LogP contribution in [-0.2, 0) is 11.2 Å². The van der Waals surface area contributed by atoms with E-state index in [1.165, 1.54) is 19.4 Å². The fourth-order valence-electron chi connectivity index (χ4n) is 3.86. The molecule has 4 rings (SSSR count). The summed E-state index contributed by atoms with van der Waals surface area (Å²) < 4.78 is 10.8. The lowest BCUT2D eigenvalue weighted by atomic mass is 9.96. The average Bonchev–Trinajstić information content (AvgIpc) is 2.90. The van der Waals surface area contributed by atoms with Gasteiger partial charge in [-0.05, 0) is 24.3 Å². The summed E-state index contributed by atoms with van der Waals surface area (Å²) in [5, 5.41) is 11.9. The van der Waals surface area contributed by atoms with Crippen LogP contribution in [0.15, 0.2) is 54.7 Å². The third kappa shape index (κ3) is 6.02. The summed E-state index contributed by atoms with van der Waals surface area (Å²) >= 11 is 12.1. The quantitative estimate of drug-likeness (QED) is 0.262. The summed E-state index contributed by atoms with van der Waals surface area (Å²) in [6, 6.07) is 13.1. The van der Waals surface area contributed by atoms with Crippen molar-refractivity contribution in [3.8, 4) is 5.75 Å². The number of ketones is 1. The van der Waals surface area contributed by atoms with Crippen molar-refractivity contribution >= 4 is 46.5 Å². The number of hydrogen-bond acceptors (Lipinski definition) is 6. The van der Waals surface area contributed by atoms with Crippen LogP contribution in [0.5, 0.6) is 5.75 Å². The summed E-state index contributed by atoms with van der Waals surface area (Å²) in [5.74, 6) is 0.336. The van der Waals surface area contributed by atoms with E-state index in [1.807, 2.05) is 4.90 Å². The maximum absolute atomic E-state index is 13.2. The van der Waals surface area contributed by atoms with E-state index in [9.17, 15) is 9.59 Å². The molecule has 0 spiro atoms. The van der Waals surface area contributed by atoms with Gasteiger partial charge >= 0.3 is 0 Å². The molecule has 0 unspecified atom stereocenters. The Morgan fingerprint density at radius 3 is 2.39 bits per heavy atom. The van der Waals surface area contributed by atoms with Crippen LogP contribution in [0.2, 0.25) is 10.0 Å². The monoisotopic (exact) mass is 526 g/mol. The van der Waals surface area contributed by atoms with E-state index in [-0.39, 0.29) is 17.8 Å². The molecule has 1 aliphatic heterocycles. The number of pyridine rings is 1. The molecule has 186 valence electrons. The molecule has 36 heavy (non-hydrogen) atoms. The first kappa shape index (κ1) is 25.6. The first-order valence-corrected chi connectivity index (χ1v) is 12.0. The Morgan fingerprint density at radius 2 is 1.75 bits per heavy atom. The number of morpholine rings is 1. The van der Waals surface area contributed by atoms with Gasteiger partial charge in [0.1, 0.15) is 17.4 Å². The molecular weight excluding hydrogens is 503 g/mol. The molecule has 0 radical (unpaired) electrons. The van der Waals surface area contributed by atoms with Crippen molar-refractivity contribution in [2.45, 2.75) is 6.42 Å². The van der Waals surface area contributed by atoms with Crippen molar-refractivity contribution in [3.63, 3.8) is 0 Å². The van der Waals surface area contributed by atoms with E-state index in [1.54, 1.807) is 42.5 Å². The van der Waals surface area contributed by atoms with E-state index in [4.69, 9.17) is 38.1 Å². The molecule has 0 atom stereocenters. The molecule has 0 saturated carbocycles. The Kier molecular flexibility index (Phi) is 8.20. The first-order chi connectivity index (χ1) is 17.4. The maximum Gasteiger partial charge on any atom is 0.257 e. The number of nitrogens with zero attached hydrogens (tertiary/aromatic N) is 2. The zero-order chi connectivity index (χ0) is 25.7. The molecule has 1 aromatic heterocycles. The molecule has 1 fully saturated rings. The van der Waals surface area contributed by atoms with Crippen LogP contribution in [0, 0.1) is 5.41 Å². The second-order valence-corrected chi connectivity index (χ2v) is 8.95. The van der Waals surface area contributed by atoms with Crippen molar-refractivity contribution in [1.29, 1.82) is 5.41 Å². The number of carbonyl (C=O) groups is 2. The number of carbonyl (C=O) groups excluding carboxylic acids is 2. The number of hydrogen-bond donors (Lipinski definition) is 2. The first-order valence-electron chi connectivity index (χ1n) is 11.2. The molecule has 0 bridgehead atoms. The molecule has 2 aromatic carbocycles. The van der Waals surface area contributed by atoms with Crippen molar-refractivity contribution in [2.24, 2.45) is 0 Å². The number of benzene rings is 2. The fraction of sp³-hybridized carbons (Fsp3) is 0.231. The van der Waals surface area contributed by atoms with Gasteiger partial charge < -0.3 is 19.7 Å². The average molecular weight is 527 g/mol. The molecule has 1 aliphatic rings. The fourth-order valence-corrected chi connectivity index (χ4v) is 4.18. The Bertz CT molecular complexity index is 1270. The van der Waals surface area contributed by atoms with E-state index in [0.717, 1.165) is 0 Å². The largest absolute Gasteiger partial charge is 0.496 e. The van der Waals surface area contributed by atoms with Gasteiger partial charge in [-0.15, -0.1) is 0 Å². The number of aromatic nitrogens is 1. The van der Waals surface area contributed by atoms with Crippen LogP contribution in [0.3, 0.4) is 0 Å². The molecule has 1 amide bonds. The number of methoxy groups -OCH3 is 1. The van der Waals surface area contributed by atoms with E-state index >= 15 is 0 Å². The van der Waals surface area contributed by atoms with Gasteiger partial charge in [-0.25, -0.2) is 4.98 Å². The highest BCUT2D eigenvalue weighted by Gasteiger charge is 2.22. The lowest BCUT2D eigenvalue weighted by molar-refractivity contribution is 0.0680. The second kappa shape index (κ2) is 11.5. The minimum absolute atomic E-state index is 0.0859. The zero-order valence-corrected chi connectivity index (χ0v) is 21.0. The van der Waals surface area contributed by atoms with E-state index in [2.05, 4.69) is 10.3 Å². The number of halogens is 2. The molecule has 2 heterocycles. The third-order valence-electron chi connectivity index (χ3n) is 5.75. The standard InChI is InChI=1S/C26H24Cl2N4O4/c1-35-23-13-19(28)12-21(26(34)31-24-7-6-18(27)15-30-24)20(23)14-22(33)16-2-4-17(5-3-16)25(29)32-8-10-36-11-9-32/h2-7,12-13,15,29H,8-11,14H2,1H3,(H,30,31,34). The number of Topliss-reactive ketones (excluding diaryl/α,β-unsaturated/α-hetero) is 1. The highest BCUT2D eigenvalue weighted by molar-refractivity contribution is 6.31. The number of anilines is 1. The second-order valence-electron chi connectivity index (χ2n) is 8.08. The molecule has 8 nitrogen and oxygen atoms in total. The van der Waals surface area contributed by atoms with E-state index < -0.39 is 5.91 Å². The van der Waals surface area contributed by atoms with Gasteiger partial charge in [-0.3, -0.25) is 15.0 Å². The number of nitrogens with one attached hydrogen (secondary N) is 2. The number of rotatable bonds is 7. The van der Waals surface area contributed by atoms with Gasteiger partial charge in [0, 0.05) is 53.0 Å². The summed E-state index contributed by atoms with van der Waals surface area (Å²) in [7, 11) is 1.45. The van der Waals surface area contributed by atoms with Crippen molar-refractivity contribution in [2.75, 3.05) is 38.7 Å². The van der Waals surface area contributed by atoms with Crippen LogP contribution in [0.4, 0.5) is 5.82 Å². The Morgan fingerprint density at radius 1 is 1.06 bits per heavy atom. The normalized spacial score (nSPS) is 13.2. The van der Waals surface area contributed by atoms with Crippen molar-refractivity contribution in [3.05, 3.63) is 87.0 Å². The van der Waals surface area contributed by atoms with Gasteiger partial charge in [0.2, 0.25) is 0 Å². The molecule has 10 heteroatoms. The minimum atomic E-state index is -0.484. The van der Waals surface area contributed by atoms with Crippen molar-refractivity contribution < 1.29 is 19.1 Å². The predicted molar refractivity (Wildman–Crippen MR) is 139 cm³/mol. The SMILES string of the molecule is COc1cc(Cl)cc(C(=O)Nc2ccc(Cl)cn2)c1CC(=O)c1ccc(C(=N)N2CCOCC2)cc1. The summed E-state index contributed by atoms with van der Waals surface area (Å²) in [6.07, 6.45) is 1.33. The third-order valence-corrected chi connectivity index (χ3v) is 6.19. The highest BCUT2D eigenvalue weighted by Crippen LogP contribution is 2.30. The zero-order valence-electron chi connectivity index (χ0n) is 19.5. The molecule has 0 aliphatic carbocycles. The number of amides is 1. The smallest absolute Gasteiger partial charge is 0.257 e. The lowest BCUT2D eigenvalue weighted by Crippen LogP contribution is -2.40. The Hall–Kier alpha value is -3.46. The van der Waals surface area contributed by atoms with Crippen LogP contribution in [-0.4, -0.2) is 60.8 Å². The maximum atomic E-state index is 13.2. The van der Waals surface area contributed by atoms with Gasteiger partial charge in [0.05, 0.1) is 25.3 Å². The number of amidine groups is 1. The van der Waals surface area contributed by atoms with Gasteiger partial charge in [0.25, 0.3) is 5.91 Å². The minimum Gasteiger partial charge on any atom is -0.496 e. The van der Waals surface area contributed by atoms with Crippen LogP contribution >= 0.6 is 23.2 Å². The highest BCUT2D eigenvalue weighted by atomic mass is 35.5. The summed E-state index contributed by atoms with van der Waals surface area (Å²) in [4.78, 5) is 32.3. The summed E-state index contributed by atoms with van der Waals surface area (Å²) in [6.45, 7) is 2.50. The van der Waals surface area contributed by atoms with Gasteiger partial charge in [0.15, 0.2) is 5.78 Å². The molecular formula is C26H24Cl2N4O4. The molecule has 1 saturated heterocycles. The topological polar surface area (TPSA) is 105 Å². The molecule has 3 aromatic rings. The predicted octanol–water partition coefficient (Wildman–Crippen LogP) is 4.73. The Balaban J connectivity index is 1.55. The number of ether oxygens (including phenoxy) is 2. The lowest BCUT2D eigenvalue weighted by Gasteiger charge is -2.29. The Labute approximate surface area is 218 Å².